The third kappa shape index (κ3) is 4.44. The topological polar surface area (TPSA) is 79.0 Å². The summed E-state index contributed by atoms with van der Waals surface area (Å²) >= 11 is 0. The monoisotopic (exact) mass is 459 g/mol. The Kier molecular flexibility index (Phi) is 6.38. The van der Waals surface area contributed by atoms with Gasteiger partial charge in [-0.15, -0.1) is 0 Å². The molecule has 3 amide bonds. The van der Waals surface area contributed by atoms with Crippen molar-refractivity contribution >= 4 is 23.6 Å². The van der Waals surface area contributed by atoms with Crippen molar-refractivity contribution in [3.05, 3.63) is 29.1 Å². The molecular weight excluding hydrogens is 425 g/mol. The fourth-order valence-electron chi connectivity index (χ4n) is 5.95. The molecule has 0 bridgehead atoms. The third-order valence-electron chi connectivity index (χ3n) is 7.34. The first-order chi connectivity index (χ1) is 15.6. The van der Waals surface area contributed by atoms with Gasteiger partial charge in [-0.05, 0) is 88.5 Å². The predicted molar refractivity (Wildman–Crippen MR) is 123 cm³/mol. The van der Waals surface area contributed by atoms with E-state index in [4.69, 9.17) is 4.74 Å². The smallest absolute Gasteiger partial charge is 0.410 e. The van der Waals surface area contributed by atoms with Crippen molar-refractivity contribution in [1.29, 1.82) is 0 Å². The van der Waals surface area contributed by atoms with Crippen molar-refractivity contribution in [2.45, 2.75) is 89.3 Å². The van der Waals surface area contributed by atoms with E-state index in [0.29, 0.717) is 25.8 Å². The van der Waals surface area contributed by atoms with Gasteiger partial charge in [0, 0.05) is 30.2 Å². The van der Waals surface area contributed by atoms with Crippen LogP contribution in [0.4, 0.5) is 14.9 Å². The van der Waals surface area contributed by atoms with Gasteiger partial charge >= 0.3 is 6.09 Å². The Morgan fingerprint density at radius 1 is 1.12 bits per heavy atom. The van der Waals surface area contributed by atoms with Gasteiger partial charge in [-0.1, -0.05) is 0 Å². The van der Waals surface area contributed by atoms with Crippen LogP contribution in [0.2, 0.25) is 0 Å². The maximum Gasteiger partial charge on any atom is 0.410 e. The molecule has 1 N–H and O–H groups in total. The molecule has 2 aliphatic heterocycles. The van der Waals surface area contributed by atoms with Gasteiger partial charge in [-0.25, -0.2) is 9.18 Å². The number of anilines is 1. The number of hydrogen-bond donors (Lipinski definition) is 1. The average Bonchev–Trinajstić information content (AvgIpc) is 3.17. The fourth-order valence-corrected chi connectivity index (χ4v) is 5.95. The van der Waals surface area contributed by atoms with E-state index in [-0.39, 0.29) is 41.2 Å². The Bertz CT molecular complexity index is 950. The molecule has 1 saturated carbocycles. The molecule has 3 aliphatic rings. The number of benzene rings is 1. The number of nitrogens with one attached hydrogen (secondary N) is 1. The predicted octanol–water partition coefficient (Wildman–Crippen LogP) is 3.89. The van der Waals surface area contributed by atoms with Crippen LogP contribution in [0.1, 0.15) is 76.3 Å². The lowest BCUT2D eigenvalue weighted by molar-refractivity contribution is -0.134. The van der Waals surface area contributed by atoms with Gasteiger partial charge in [0.05, 0.1) is 7.11 Å². The van der Waals surface area contributed by atoms with Crippen LogP contribution in [-0.4, -0.2) is 54.1 Å². The van der Waals surface area contributed by atoms with Crippen LogP contribution in [0.15, 0.2) is 12.1 Å². The number of rotatable bonds is 3. The highest BCUT2D eigenvalue weighted by Gasteiger charge is 2.40. The second-order valence-electron chi connectivity index (χ2n) is 10.4. The van der Waals surface area contributed by atoms with E-state index in [0.717, 1.165) is 42.5 Å². The van der Waals surface area contributed by atoms with E-state index in [1.54, 1.807) is 6.07 Å². The Labute approximate surface area is 194 Å². The average molecular weight is 460 g/mol. The van der Waals surface area contributed by atoms with E-state index in [1.165, 1.54) is 13.2 Å². The highest BCUT2D eigenvalue weighted by Crippen LogP contribution is 2.44. The minimum absolute atomic E-state index is 0.0634. The van der Waals surface area contributed by atoms with Crippen molar-refractivity contribution in [3.8, 4) is 0 Å². The lowest BCUT2D eigenvalue weighted by Gasteiger charge is -2.43. The van der Waals surface area contributed by atoms with Gasteiger partial charge in [-0.3, -0.25) is 14.9 Å². The van der Waals surface area contributed by atoms with Crippen molar-refractivity contribution in [2.24, 2.45) is 0 Å². The number of nitrogens with zero attached hydrogens (tertiary/aromatic N) is 2. The number of methoxy groups -OCH3 is 1. The molecular formula is C25H34FN3O4. The van der Waals surface area contributed by atoms with Gasteiger partial charge in [-0.2, -0.15) is 0 Å². The van der Waals surface area contributed by atoms with Crippen LogP contribution < -0.4 is 10.2 Å². The summed E-state index contributed by atoms with van der Waals surface area (Å²) in [5.74, 6) is -0.612. The van der Waals surface area contributed by atoms with Crippen LogP contribution in [0.3, 0.4) is 0 Å². The van der Waals surface area contributed by atoms with Crippen LogP contribution in [0.5, 0.6) is 0 Å². The third-order valence-corrected chi connectivity index (χ3v) is 7.34. The number of ether oxygens (including phenoxy) is 1. The molecule has 8 heteroatoms. The molecule has 1 aliphatic carbocycles. The van der Waals surface area contributed by atoms with E-state index < -0.39 is 6.04 Å². The SMILES string of the molecule is COC(=O)N(C1CCC(c2c(F)ccc3c2CCN3C2CCC(=O)NC2=O)CC1)C(C)(C)C. The van der Waals surface area contributed by atoms with E-state index in [1.807, 2.05) is 30.6 Å². The summed E-state index contributed by atoms with van der Waals surface area (Å²) in [6.45, 7) is 6.66. The van der Waals surface area contributed by atoms with Crippen LogP contribution in [0.25, 0.3) is 0 Å². The van der Waals surface area contributed by atoms with E-state index >= 15 is 4.39 Å². The quantitative estimate of drug-likeness (QED) is 0.694. The summed E-state index contributed by atoms with van der Waals surface area (Å²) in [4.78, 5) is 40.3. The largest absolute Gasteiger partial charge is 0.453 e. The molecule has 0 spiro atoms. The maximum atomic E-state index is 15.1. The number of imide groups is 1. The fraction of sp³-hybridized carbons (Fsp3) is 0.640. The first-order valence-electron chi connectivity index (χ1n) is 11.9. The Morgan fingerprint density at radius 2 is 1.82 bits per heavy atom. The maximum absolute atomic E-state index is 15.1. The van der Waals surface area contributed by atoms with Crippen molar-refractivity contribution in [1.82, 2.24) is 10.2 Å². The normalized spacial score (nSPS) is 25.5. The molecule has 2 heterocycles. The van der Waals surface area contributed by atoms with Gasteiger partial charge < -0.3 is 14.5 Å². The molecule has 1 aromatic rings. The van der Waals surface area contributed by atoms with Crippen LogP contribution in [0, 0.1) is 5.82 Å². The molecule has 4 rings (SSSR count). The van der Waals surface area contributed by atoms with E-state index in [9.17, 15) is 14.4 Å². The van der Waals surface area contributed by atoms with Crippen LogP contribution in [-0.2, 0) is 20.7 Å². The summed E-state index contributed by atoms with van der Waals surface area (Å²) in [5, 5.41) is 2.43. The summed E-state index contributed by atoms with van der Waals surface area (Å²) in [7, 11) is 1.41. The number of hydrogen-bond acceptors (Lipinski definition) is 5. The number of fused-ring (bicyclic) bond motifs is 1. The molecule has 1 saturated heterocycles. The molecule has 2 fully saturated rings. The van der Waals surface area contributed by atoms with Gasteiger partial charge in [0.15, 0.2) is 0 Å². The van der Waals surface area contributed by atoms with Gasteiger partial charge in [0.2, 0.25) is 11.8 Å². The number of halogens is 1. The summed E-state index contributed by atoms with van der Waals surface area (Å²) in [6.07, 6.45) is 4.34. The highest BCUT2D eigenvalue weighted by atomic mass is 19.1. The van der Waals surface area contributed by atoms with Gasteiger partial charge in [0.1, 0.15) is 11.9 Å². The van der Waals surface area contributed by atoms with Gasteiger partial charge in [0.25, 0.3) is 0 Å². The molecule has 180 valence electrons. The molecule has 7 nitrogen and oxygen atoms in total. The first kappa shape index (κ1) is 23.5. The second-order valence-corrected chi connectivity index (χ2v) is 10.4. The first-order valence-corrected chi connectivity index (χ1v) is 11.9. The minimum Gasteiger partial charge on any atom is -0.453 e. The lowest BCUT2D eigenvalue weighted by Crippen LogP contribution is -2.52. The molecule has 0 radical (unpaired) electrons. The zero-order valence-electron chi connectivity index (χ0n) is 19.9. The standard InChI is InChI=1S/C25H34FN3O4/c1-25(2,3)29(24(32)33-4)16-7-5-15(6-8-16)22-17-13-14-28(19(17)10-9-18(22)26)20-11-12-21(30)27-23(20)31/h9-10,15-16,20H,5-8,11-14H2,1-4H3,(H,27,30,31). The second kappa shape index (κ2) is 8.95. The Hall–Kier alpha value is -2.64. The van der Waals surface area contributed by atoms with Crippen LogP contribution >= 0.6 is 0 Å². The lowest BCUT2D eigenvalue weighted by atomic mass is 9.78. The zero-order chi connectivity index (χ0) is 23.9. The molecule has 1 atom stereocenters. The van der Waals surface area contributed by atoms with Crippen molar-refractivity contribution < 1.29 is 23.5 Å². The minimum atomic E-state index is -0.390. The molecule has 1 aromatic carbocycles. The molecule has 0 aromatic heterocycles. The number of amides is 3. The Balaban J connectivity index is 1.54. The highest BCUT2D eigenvalue weighted by molar-refractivity contribution is 6.02. The number of carbonyl (C=O) groups excluding carboxylic acids is 3. The number of piperidine rings is 1. The van der Waals surface area contributed by atoms with E-state index in [2.05, 4.69) is 5.32 Å². The molecule has 1 unspecified atom stereocenters. The summed E-state index contributed by atoms with van der Waals surface area (Å²) < 4.78 is 20.2. The summed E-state index contributed by atoms with van der Waals surface area (Å²) in [6, 6.07) is 2.96. The van der Waals surface area contributed by atoms with Crippen molar-refractivity contribution in [3.63, 3.8) is 0 Å². The molecule has 33 heavy (non-hydrogen) atoms. The van der Waals surface area contributed by atoms with Crippen molar-refractivity contribution in [2.75, 3.05) is 18.6 Å². The number of carbonyl (C=O) groups is 3. The summed E-state index contributed by atoms with van der Waals surface area (Å²) in [5.41, 5.74) is 2.31. The Morgan fingerprint density at radius 3 is 2.42 bits per heavy atom. The zero-order valence-corrected chi connectivity index (χ0v) is 19.9.